The van der Waals surface area contributed by atoms with Crippen molar-refractivity contribution < 1.29 is 9.53 Å². The molecule has 3 N–H and O–H groups in total. The van der Waals surface area contributed by atoms with Gasteiger partial charge in [-0.25, -0.2) is 4.79 Å². The van der Waals surface area contributed by atoms with Gasteiger partial charge < -0.3 is 15.8 Å². The Hall–Kier alpha value is -1.55. The van der Waals surface area contributed by atoms with Gasteiger partial charge in [0.25, 0.3) is 0 Å². The fraction of sp³-hybridized carbons (Fsp3) is 0.562. The van der Waals surface area contributed by atoms with Crippen LogP contribution in [-0.2, 0) is 4.74 Å². The van der Waals surface area contributed by atoms with Gasteiger partial charge in [0.1, 0.15) is 6.61 Å². The Labute approximate surface area is 121 Å². The van der Waals surface area contributed by atoms with E-state index in [9.17, 15) is 4.79 Å². The molecule has 4 nitrogen and oxygen atoms in total. The molecule has 112 valence electrons. The lowest BCUT2D eigenvalue weighted by atomic mass is 10.1. The Kier molecular flexibility index (Phi) is 6.02. The second-order valence-corrected chi connectivity index (χ2v) is 6.19. The van der Waals surface area contributed by atoms with Crippen molar-refractivity contribution in [2.24, 2.45) is 5.92 Å². The normalized spacial score (nSPS) is 11.7. The number of carbonyl (C=O) groups is 1. The molecule has 0 atom stereocenters. The molecule has 1 aromatic rings. The first-order valence-corrected chi connectivity index (χ1v) is 7.08. The summed E-state index contributed by atoms with van der Waals surface area (Å²) >= 11 is 0. The van der Waals surface area contributed by atoms with Crippen LogP contribution < -0.4 is 11.1 Å². The molecule has 0 bridgehead atoms. The molecular weight excluding hydrogens is 252 g/mol. The van der Waals surface area contributed by atoms with Crippen LogP contribution in [0.25, 0.3) is 0 Å². The highest BCUT2D eigenvalue weighted by atomic mass is 16.5. The average Bonchev–Trinajstić information content (AvgIpc) is 2.36. The lowest BCUT2D eigenvalue weighted by Crippen LogP contribution is -2.44. The summed E-state index contributed by atoms with van der Waals surface area (Å²) in [7, 11) is 0. The van der Waals surface area contributed by atoms with Crippen LogP contribution in [0.15, 0.2) is 24.3 Å². The van der Waals surface area contributed by atoms with E-state index in [2.05, 4.69) is 19.2 Å². The standard InChI is InChI=1S/C16H26N2O2/c1-12(2)9-10-18-16(3,4)11-20-15(19)13-5-7-14(17)8-6-13/h5-8,12,18H,9-11,17H2,1-4H3. The Morgan fingerprint density at radius 1 is 1.30 bits per heavy atom. The van der Waals surface area contributed by atoms with Crippen molar-refractivity contribution in [3.8, 4) is 0 Å². The van der Waals surface area contributed by atoms with Crippen LogP contribution in [0.3, 0.4) is 0 Å². The highest BCUT2D eigenvalue weighted by molar-refractivity contribution is 5.89. The largest absolute Gasteiger partial charge is 0.460 e. The van der Waals surface area contributed by atoms with E-state index >= 15 is 0 Å². The molecule has 0 fully saturated rings. The van der Waals surface area contributed by atoms with Gasteiger partial charge in [0.05, 0.1) is 5.56 Å². The summed E-state index contributed by atoms with van der Waals surface area (Å²) in [5, 5.41) is 3.41. The van der Waals surface area contributed by atoms with Crippen molar-refractivity contribution in [1.29, 1.82) is 0 Å². The van der Waals surface area contributed by atoms with Crippen LogP contribution >= 0.6 is 0 Å². The van der Waals surface area contributed by atoms with Crippen LogP contribution in [0.1, 0.15) is 44.5 Å². The zero-order valence-electron chi connectivity index (χ0n) is 12.9. The summed E-state index contributed by atoms with van der Waals surface area (Å²) in [6, 6.07) is 6.75. The number of esters is 1. The molecule has 0 spiro atoms. The molecule has 0 unspecified atom stereocenters. The number of nitrogens with one attached hydrogen (secondary N) is 1. The second-order valence-electron chi connectivity index (χ2n) is 6.19. The van der Waals surface area contributed by atoms with Crippen LogP contribution in [0.2, 0.25) is 0 Å². The second kappa shape index (κ2) is 7.29. The van der Waals surface area contributed by atoms with Crippen molar-refractivity contribution in [3.63, 3.8) is 0 Å². The highest BCUT2D eigenvalue weighted by Crippen LogP contribution is 2.10. The van der Waals surface area contributed by atoms with Crippen LogP contribution in [0, 0.1) is 5.92 Å². The smallest absolute Gasteiger partial charge is 0.338 e. The molecule has 1 aromatic carbocycles. The van der Waals surface area contributed by atoms with E-state index in [1.807, 2.05) is 13.8 Å². The van der Waals surface area contributed by atoms with Gasteiger partial charge in [-0.05, 0) is 57.0 Å². The molecule has 0 saturated heterocycles. The molecule has 1 rings (SSSR count). The quantitative estimate of drug-likeness (QED) is 0.594. The van der Waals surface area contributed by atoms with Gasteiger partial charge in [-0.3, -0.25) is 0 Å². The summed E-state index contributed by atoms with van der Waals surface area (Å²) in [5.41, 5.74) is 6.52. The first kappa shape index (κ1) is 16.5. The van der Waals surface area contributed by atoms with Gasteiger partial charge in [-0.2, -0.15) is 0 Å². The van der Waals surface area contributed by atoms with Crippen molar-refractivity contribution in [2.45, 2.75) is 39.7 Å². The first-order chi connectivity index (χ1) is 9.30. The topological polar surface area (TPSA) is 64.3 Å². The number of ether oxygens (including phenoxy) is 1. The first-order valence-electron chi connectivity index (χ1n) is 7.08. The molecule has 0 amide bonds. The lowest BCUT2D eigenvalue weighted by molar-refractivity contribution is 0.0400. The third-order valence-electron chi connectivity index (χ3n) is 3.04. The summed E-state index contributed by atoms with van der Waals surface area (Å²) in [5.74, 6) is 0.347. The van der Waals surface area contributed by atoms with Crippen molar-refractivity contribution >= 4 is 11.7 Å². The molecule has 0 radical (unpaired) electrons. The van der Waals surface area contributed by atoms with E-state index in [0.29, 0.717) is 23.8 Å². The number of anilines is 1. The molecule has 4 heteroatoms. The third-order valence-corrected chi connectivity index (χ3v) is 3.04. The minimum Gasteiger partial charge on any atom is -0.460 e. The van der Waals surface area contributed by atoms with Gasteiger partial charge in [-0.15, -0.1) is 0 Å². The molecule has 0 aliphatic heterocycles. The predicted octanol–water partition coefficient (Wildman–Crippen LogP) is 2.84. The maximum atomic E-state index is 11.9. The van der Waals surface area contributed by atoms with E-state index in [4.69, 9.17) is 10.5 Å². The van der Waals surface area contributed by atoms with Gasteiger partial charge in [0, 0.05) is 11.2 Å². The van der Waals surface area contributed by atoms with E-state index in [1.165, 1.54) is 0 Å². The summed E-state index contributed by atoms with van der Waals surface area (Å²) < 4.78 is 5.35. The maximum absolute atomic E-state index is 11.9. The summed E-state index contributed by atoms with van der Waals surface area (Å²) in [4.78, 5) is 11.9. The van der Waals surface area contributed by atoms with E-state index in [1.54, 1.807) is 24.3 Å². The molecule has 0 aliphatic carbocycles. The van der Waals surface area contributed by atoms with Crippen molar-refractivity contribution in [1.82, 2.24) is 5.32 Å². The maximum Gasteiger partial charge on any atom is 0.338 e. The Balaban J connectivity index is 2.40. The van der Waals surface area contributed by atoms with E-state index < -0.39 is 0 Å². The van der Waals surface area contributed by atoms with Gasteiger partial charge in [0.2, 0.25) is 0 Å². The van der Waals surface area contributed by atoms with Crippen LogP contribution in [0.4, 0.5) is 5.69 Å². The Morgan fingerprint density at radius 2 is 1.90 bits per heavy atom. The number of benzene rings is 1. The Morgan fingerprint density at radius 3 is 2.45 bits per heavy atom. The van der Waals surface area contributed by atoms with E-state index in [-0.39, 0.29) is 11.5 Å². The zero-order valence-corrected chi connectivity index (χ0v) is 12.9. The van der Waals surface area contributed by atoms with Crippen LogP contribution in [0.5, 0.6) is 0 Å². The average molecular weight is 278 g/mol. The molecule has 0 saturated carbocycles. The van der Waals surface area contributed by atoms with Gasteiger partial charge in [-0.1, -0.05) is 13.8 Å². The highest BCUT2D eigenvalue weighted by Gasteiger charge is 2.20. The number of nitrogens with two attached hydrogens (primary N) is 1. The number of hydrogen-bond donors (Lipinski definition) is 2. The van der Waals surface area contributed by atoms with Gasteiger partial charge in [0.15, 0.2) is 0 Å². The molecular formula is C16H26N2O2. The minimum atomic E-state index is -0.316. The predicted molar refractivity (Wildman–Crippen MR) is 82.7 cm³/mol. The molecule has 0 heterocycles. The molecule has 0 aromatic heterocycles. The summed E-state index contributed by atoms with van der Waals surface area (Å²) in [6.07, 6.45) is 1.11. The van der Waals surface area contributed by atoms with E-state index in [0.717, 1.165) is 13.0 Å². The zero-order chi connectivity index (χ0) is 15.2. The fourth-order valence-corrected chi connectivity index (χ4v) is 1.70. The van der Waals surface area contributed by atoms with Crippen molar-refractivity contribution in [2.75, 3.05) is 18.9 Å². The SMILES string of the molecule is CC(C)CCNC(C)(C)COC(=O)c1ccc(N)cc1. The minimum absolute atomic E-state index is 0.224. The number of rotatable bonds is 7. The molecule has 0 aliphatic rings. The number of hydrogen-bond acceptors (Lipinski definition) is 4. The van der Waals surface area contributed by atoms with Crippen LogP contribution in [-0.4, -0.2) is 24.7 Å². The Bertz CT molecular complexity index is 425. The summed E-state index contributed by atoms with van der Waals surface area (Å²) in [6.45, 7) is 9.71. The third kappa shape index (κ3) is 6.06. The monoisotopic (exact) mass is 278 g/mol. The molecule has 20 heavy (non-hydrogen) atoms. The van der Waals surface area contributed by atoms with Crippen molar-refractivity contribution in [3.05, 3.63) is 29.8 Å². The number of nitrogen functional groups attached to an aromatic ring is 1. The van der Waals surface area contributed by atoms with Gasteiger partial charge >= 0.3 is 5.97 Å². The fourth-order valence-electron chi connectivity index (χ4n) is 1.70. The number of carbonyl (C=O) groups excluding carboxylic acids is 1. The lowest BCUT2D eigenvalue weighted by Gasteiger charge is -2.26.